The minimum absolute atomic E-state index is 0.0553. The summed E-state index contributed by atoms with van der Waals surface area (Å²) in [6.45, 7) is 5.08. The standard InChI is InChI=1S/C29H34BrN3O5S/c1-5-21(2)31-29(35)22(3)32(19-23-11-9-14-26(17-23)38-4)28(34)20-33(25-13-10-12-24(30)18-25)39(36,37)27-15-7-6-8-16-27/h6-18,21-22H,5,19-20H2,1-4H3,(H,31,35)/t21-,22-/m1/s1. The van der Waals surface area contributed by atoms with Gasteiger partial charge in [-0.05, 0) is 68.3 Å². The molecule has 0 fully saturated rings. The van der Waals surface area contributed by atoms with Crippen molar-refractivity contribution in [1.29, 1.82) is 0 Å². The Morgan fingerprint density at radius 2 is 1.67 bits per heavy atom. The molecular formula is C29H34BrN3O5S. The van der Waals surface area contributed by atoms with Crippen LogP contribution in [0.2, 0.25) is 0 Å². The summed E-state index contributed by atoms with van der Waals surface area (Å²) < 4.78 is 34.6. The van der Waals surface area contributed by atoms with Crippen LogP contribution in [0.1, 0.15) is 32.8 Å². The van der Waals surface area contributed by atoms with Crippen molar-refractivity contribution in [2.45, 2.75) is 50.7 Å². The molecule has 2 atom stereocenters. The van der Waals surface area contributed by atoms with Gasteiger partial charge in [-0.3, -0.25) is 13.9 Å². The molecule has 8 nitrogen and oxygen atoms in total. The van der Waals surface area contributed by atoms with Crippen molar-refractivity contribution in [3.8, 4) is 5.75 Å². The number of hydrogen-bond acceptors (Lipinski definition) is 5. The highest BCUT2D eigenvalue weighted by Gasteiger charge is 2.32. The van der Waals surface area contributed by atoms with Crippen LogP contribution in [0.15, 0.2) is 88.2 Å². The molecule has 3 aromatic carbocycles. The van der Waals surface area contributed by atoms with Gasteiger partial charge in [-0.1, -0.05) is 59.3 Å². The van der Waals surface area contributed by atoms with E-state index in [4.69, 9.17) is 4.74 Å². The Hall–Kier alpha value is -3.37. The second-order valence-electron chi connectivity index (χ2n) is 9.17. The fourth-order valence-electron chi connectivity index (χ4n) is 3.90. The first kappa shape index (κ1) is 30.2. The van der Waals surface area contributed by atoms with E-state index in [2.05, 4.69) is 21.2 Å². The summed E-state index contributed by atoms with van der Waals surface area (Å²) in [6.07, 6.45) is 0.730. The molecule has 208 valence electrons. The van der Waals surface area contributed by atoms with Gasteiger partial charge < -0.3 is 15.0 Å². The lowest BCUT2D eigenvalue weighted by Crippen LogP contribution is -2.52. The lowest BCUT2D eigenvalue weighted by atomic mass is 10.1. The molecule has 0 aromatic heterocycles. The smallest absolute Gasteiger partial charge is 0.264 e. The zero-order valence-electron chi connectivity index (χ0n) is 22.5. The van der Waals surface area contributed by atoms with Gasteiger partial charge >= 0.3 is 0 Å². The number of rotatable bonds is 12. The number of nitrogens with one attached hydrogen (secondary N) is 1. The Kier molecular flexibility index (Phi) is 10.5. The minimum Gasteiger partial charge on any atom is -0.497 e. The number of anilines is 1. The summed E-state index contributed by atoms with van der Waals surface area (Å²) in [7, 11) is -2.56. The Balaban J connectivity index is 2.02. The van der Waals surface area contributed by atoms with Crippen LogP contribution >= 0.6 is 15.9 Å². The Morgan fingerprint density at radius 3 is 2.31 bits per heavy atom. The number of nitrogens with zero attached hydrogens (tertiary/aromatic N) is 2. The van der Waals surface area contributed by atoms with Crippen LogP contribution in [0.25, 0.3) is 0 Å². The zero-order valence-corrected chi connectivity index (χ0v) is 24.9. The van der Waals surface area contributed by atoms with Crippen LogP contribution in [-0.4, -0.2) is 50.9 Å². The number of carbonyl (C=O) groups is 2. The zero-order chi connectivity index (χ0) is 28.6. The molecule has 3 rings (SSSR count). The highest BCUT2D eigenvalue weighted by molar-refractivity contribution is 9.10. The molecule has 0 unspecified atom stereocenters. The molecular weight excluding hydrogens is 582 g/mol. The highest BCUT2D eigenvalue weighted by Crippen LogP contribution is 2.27. The van der Waals surface area contributed by atoms with Crippen molar-refractivity contribution in [2.75, 3.05) is 18.0 Å². The quantitative estimate of drug-likeness (QED) is 0.310. The third-order valence-corrected chi connectivity index (χ3v) is 8.64. The molecule has 2 amide bonds. The molecule has 0 bridgehead atoms. The number of halogens is 1. The topological polar surface area (TPSA) is 96.0 Å². The molecule has 0 aliphatic heterocycles. The molecule has 10 heteroatoms. The maximum absolute atomic E-state index is 13.9. The summed E-state index contributed by atoms with van der Waals surface area (Å²) in [5, 5.41) is 2.93. The number of carbonyl (C=O) groups excluding carboxylic acids is 2. The first-order chi connectivity index (χ1) is 18.6. The molecule has 1 N–H and O–H groups in total. The average Bonchev–Trinajstić information content (AvgIpc) is 2.94. The lowest BCUT2D eigenvalue weighted by molar-refractivity contribution is -0.139. The number of amides is 2. The molecule has 0 aliphatic carbocycles. The molecule has 3 aromatic rings. The first-order valence-electron chi connectivity index (χ1n) is 12.6. The van der Waals surface area contributed by atoms with Crippen molar-refractivity contribution >= 4 is 43.5 Å². The van der Waals surface area contributed by atoms with Crippen molar-refractivity contribution in [1.82, 2.24) is 10.2 Å². The van der Waals surface area contributed by atoms with Crippen LogP contribution in [0, 0.1) is 0 Å². The number of benzene rings is 3. The lowest BCUT2D eigenvalue weighted by Gasteiger charge is -2.32. The predicted octanol–water partition coefficient (Wildman–Crippen LogP) is 4.99. The average molecular weight is 617 g/mol. The number of sulfonamides is 1. The molecule has 39 heavy (non-hydrogen) atoms. The molecule has 0 radical (unpaired) electrons. The normalized spacial score (nSPS) is 12.7. The van der Waals surface area contributed by atoms with E-state index in [-0.39, 0.29) is 23.4 Å². The van der Waals surface area contributed by atoms with E-state index in [0.717, 1.165) is 16.3 Å². The largest absolute Gasteiger partial charge is 0.497 e. The van der Waals surface area contributed by atoms with Gasteiger partial charge in [-0.25, -0.2) is 8.42 Å². The van der Waals surface area contributed by atoms with Gasteiger partial charge in [-0.15, -0.1) is 0 Å². The van der Waals surface area contributed by atoms with Gasteiger partial charge in [0.15, 0.2) is 0 Å². The van der Waals surface area contributed by atoms with E-state index < -0.39 is 28.5 Å². The fraction of sp³-hybridized carbons (Fsp3) is 0.310. The van der Waals surface area contributed by atoms with Crippen LogP contribution in [0.3, 0.4) is 0 Å². The van der Waals surface area contributed by atoms with Gasteiger partial charge in [0.25, 0.3) is 10.0 Å². The second-order valence-corrected chi connectivity index (χ2v) is 11.9. The van der Waals surface area contributed by atoms with Gasteiger partial charge in [0.2, 0.25) is 11.8 Å². The first-order valence-corrected chi connectivity index (χ1v) is 14.9. The van der Waals surface area contributed by atoms with Crippen LogP contribution in [0.4, 0.5) is 5.69 Å². The van der Waals surface area contributed by atoms with Crippen LogP contribution < -0.4 is 14.4 Å². The summed E-state index contributed by atoms with van der Waals surface area (Å²) >= 11 is 3.40. The number of methoxy groups -OCH3 is 1. The van der Waals surface area contributed by atoms with E-state index in [1.165, 1.54) is 17.0 Å². The van der Waals surface area contributed by atoms with Crippen LogP contribution in [-0.2, 0) is 26.2 Å². The molecule has 0 saturated heterocycles. The van der Waals surface area contributed by atoms with Crippen LogP contribution in [0.5, 0.6) is 5.75 Å². The fourth-order valence-corrected chi connectivity index (χ4v) is 5.71. The minimum atomic E-state index is -4.11. The molecule has 0 aliphatic rings. The SMILES string of the molecule is CC[C@@H](C)NC(=O)[C@@H](C)N(Cc1cccc(OC)c1)C(=O)CN(c1cccc(Br)c1)S(=O)(=O)c1ccccc1. The number of hydrogen-bond donors (Lipinski definition) is 1. The predicted molar refractivity (Wildman–Crippen MR) is 156 cm³/mol. The monoisotopic (exact) mass is 615 g/mol. The Labute approximate surface area is 239 Å². The van der Waals surface area contributed by atoms with E-state index in [1.807, 2.05) is 19.9 Å². The van der Waals surface area contributed by atoms with Crippen molar-refractivity contribution in [3.05, 3.63) is 88.9 Å². The third kappa shape index (κ3) is 7.83. The number of ether oxygens (including phenoxy) is 1. The van der Waals surface area contributed by atoms with E-state index in [0.29, 0.717) is 15.9 Å². The molecule has 0 saturated carbocycles. The van der Waals surface area contributed by atoms with Crippen molar-refractivity contribution < 1.29 is 22.7 Å². The maximum Gasteiger partial charge on any atom is 0.264 e. The summed E-state index contributed by atoms with van der Waals surface area (Å²) in [5.41, 5.74) is 1.06. The van der Waals surface area contributed by atoms with Gasteiger partial charge in [-0.2, -0.15) is 0 Å². The van der Waals surface area contributed by atoms with Crippen molar-refractivity contribution in [2.24, 2.45) is 0 Å². The van der Waals surface area contributed by atoms with E-state index in [1.54, 1.807) is 74.7 Å². The Morgan fingerprint density at radius 1 is 0.974 bits per heavy atom. The van der Waals surface area contributed by atoms with Crippen molar-refractivity contribution in [3.63, 3.8) is 0 Å². The molecule has 0 heterocycles. The third-order valence-electron chi connectivity index (χ3n) is 6.36. The van der Waals surface area contributed by atoms with Gasteiger partial charge in [0.1, 0.15) is 18.3 Å². The maximum atomic E-state index is 13.9. The second kappa shape index (κ2) is 13.6. The van der Waals surface area contributed by atoms with E-state index >= 15 is 0 Å². The molecule has 0 spiro atoms. The Bertz CT molecular complexity index is 1380. The van der Waals surface area contributed by atoms with Gasteiger partial charge in [0, 0.05) is 17.1 Å². The summed E-state index contributed by atoms with van der Waals surface area (Å²) in [5.74, 6) is -0.233. The highest BCUT2D eigenvalue weighted by atomic mass is 79.9. The van der Waals surface area contributed by atoms with Gasteiger partial charge in [0.05, 0.1) is 17.7 Å². The van der Waals surface area contributed by atoms with E-state index in [9.17, 15) is 18.0 Å². The summed E-state index contributed by atoms with van der Waals surface area (Å²) in [4.78, 5) is 28.5. The summed E-state index contributed by atoms with van der Waals surface area (Å²) in [6, 6.07) is 21.0.